The molecular weight excluding hydrogens is 348 g/mol. The fourth-order valence-corrected chi connectivity index (χ4v) is 2.31. The van der Waals surface area contributed by atoms with Gasteiger partial charge in [0.25, 0.3) is 11.8 Å². The Morgan fingerprint density at radius 2 is 1.67 bits per heavy atom. The number of nitrogens with zero attached hydrogens (tertiary/aromatic N) is 2. The molecular formula is C20H14N2O5. The van der Waals surface area contributed by atoms with Crippen LogP contribution in [0.2, 0.25) is 0 Å². The molecule has 0 aliphatic rings. The Labute approximate surface area is 154 Å². The first-order valence-electron chi connectivity index (χ1n) is 8.14. The minimum absolute atomic E-state index is 0.130. The summed E-state index contributed by atoms with van der Waals surface area (Å²) in [5.41, 5.74) is 0.390. The van der Waals surface area contributed by atoms with Gasteiger partial charge in [0.2, 0.25) is 0 Å². The number of ether oxygens (including phenoxy) is 2. The molecule has 0 bridgehead atoms. The molecule has 0 fully saturated rings. The first kappa shape index (κ1) is 16.6. The number of benzene rings is 2. The fraction of sp³-hybridized carbons (Fsp3) is 0.0500. The van der Waals surface area contributed by atoms with Gasteiger partial charge in [-0.3, -0.25) is 0 Å². The monoisotopic (exact) mass is 362 g/mol. The number of carbonyl (C=O) groups excluding carboxylic acids is 1. The van der Waals surface area contributed by atoms with Crippen molar-refractivity contribution in [1.82, 2.24) is 10.2 Å². The van der Waals surface area contributed by atoms with Gasteiger partial charge in [-0.25, -0.2) is 4.79 Å². The van der Waals surface area contributed by atoms with Crippen molar-refractivity contribution in [2.45, 2.75) is 6.61 Å². The zero-order valence-corrected chi connectivity index (χ0v) is 14.1. The van der Waals surface area contributed by atoms with Gasteiger partial charge in [-0.15, -0.1) is 10.2 Å². The molecule has 0 spiro atoms. The lowest BCUT2D eigenvalue weighted by Crippen LogP contribution is -2.05. The summed E-state index contributed by atoms with van der Waals surface area (Å²) in [6.07, 6.45) is 1.50. The number of carbonyl (C=O) groups is 1. The predicted octanol–water partition coefficient (Wildman–Crippen LogP) is 4.48. The van der Waals surface area contributed by atoms with E-state index in [2.05, 4.69) is 10.2 Å². The van der Waals surface area contributed by atoms with E-state index in [4.69, 9.17) is 18.3 Å². The topological polar surface area (TPSA) is 87.6 Å². The van der Waals surface area contributed by atoms with Gasteiger partial charge in [0, 0.05) is 0 Å². The van der Waals surface area contributed by atoms with Crippen molar-refractivity contribution < 1.29 is 23.1 Å². The molecule has 0 saturated heterocycles. The van der Waals surface area contributed by atoms with Crippen LogP contribution in [0.15, 0.2) is 81.8 Å². The van der Waals surface area contributed by atoms with E-state index in [1.165, 1.54) is 6.26 Å². The summed E-state index contributed by atoms with van der Waals surface area (Å²) in [6.45, 7) is -0.130. The summed E-state index contributed by atoms with van der Waals surface area (Å²) in [4.78, 5) is 12.2. The second-order valence-electron chi connectivity index (χ2n) is 5.49. The van der Waals surface area contributed by atoms with Gasteiger partial charge < -0.3 is 18.3 Å². The number of esters is 1. The van der Waals surface area contributed by atoms with Gasteiger partial charge in [0.1, 0.15) is 11.5 Å². The highest BCUT2D eigenvalue weighted by molar-refractivity contribution is 5.89. The Balaban J connectivity index is 1.34. The van der Waals surface area contributed by atoms with Crippen LogP contribution in [0, 0.1) is 0 Å². The lowest BCUT2D eigenvalue weighted by Gasteiger charge is -2.06. The normalized spacial score (nSPS) is 10.5. The third-order valence-corrected chi connectivity index (χ3v) is 3.59. The molecule has 0 aliphatic heterocycles. The number of para-hydroxylation sites is 1. The quantitative estimate of drug-likeness (QED) is 0.467. The Bertz CT molecular complexity index is 1010. The van der Waals surface area contributed by atoms with E-state index in [1.807, 2.05) is 30.3 Å². The summed E-state index contributed by atoms with van der Waals surface area (Å²) in [5.74, 6) is 1.70. The number of furan rings is 1. The standard InChI is InChI=1S/C20H14N2O5/c23-20(25-13-18-21-22-19(27-18)17-7-4-12-24-17)14-8-10-16(11-9-14)26-15-5-2-1-3-6-15/h1-12H,13H2. The lowest BCUT2D eigenvalue weighted by atomic mass is 10.2. The zero-order valence-electron chi connectivity index (χ0n) is 14.1. The number of aromatic nitrogens is 2. The number of hydrogen-bond donors (Lipinski definition) is 0. The van der Waals surface area contributed by atoms with Crippen LogP contribution in [0.3, 0.4) is 0 Å². The average Bonchev–Trinajstić information content (AvgIpc) is 3.39. The van der Waals surface area contributed by atoms with E-state index in [0.29, 0.717) is 17.1 Å². The highest BCUT2D eigenvalue weighted by atomic mass is 16.5. The third kappa shape index (κ3) is 4.04. The van der Waals surface area contributed by atoms with Gasteiger partial charge in [0.05, 0.1) is 11.8 Å². The highest BCUT2D eigenvalue weighted by Gasteiger charge is 2.14. The molecule has 2 heterocycles. The van der Waals surface area contributed by atoms with Gasteiger partial charge in [-0.1, -0.05) is 18.2 Å². The predicted molar refractivity (Wildman–Crippen MR) is 94.1 cm³/mol. The van der Waals surface area contributed by atoms with Gasteiger partial charge in [0.15, 0.2) is 12.4 Å². The van der Waals surface area contributed by atoms with Crippen LogP contribution in [0.5, 0.6) is 11.5 Å². The van der Waals surface area contributed by atoms with Crippen molar-refractivity contribution in [3.05, 3.63) is 84.4 Å². The van der Waals surface area contributed by atoms with Crippen molar-refractivity contribution in [3.63, 3.8) is 0 Å². The van der Waals surface area contributed by atoms with Crippen molar-refractivity contribution in [3.8, 4) is 23.1 Å². The molecule has 0 amide bonds. The van der Waals surface area contributed by atoms with Gasteiger partial charge >= 0.3 is 5.97 Å². The van der Waals surface area contributed by atoms with Crippen LogP contribution in [-0.4, -0.2) is 16.2 Å². The van der Waals surface area contributed by atoms with E-state index in [1.54, 1.807) is 36.4 Å². The van der Waals surface area contributed by atoms with Crippen molar-refractivity contribution in [2.24, 2.45) is 0 Å². The molecule has 4 aromatic rings. The molecule has 4 rings (SSSR count). The Morgan fingerprint density at radius 3 is 2.41 bits per heavy atom. The molecule has 2 aromatic heterocycles. The van der Waals surface area contributed by atoms with Crippen molar-refractivity contribution >= 4 is 5.97 Å². The zero-order chi connectivity index (χ0) is 18.5. The molecule has 0 radical (unpaired) electrons. The minimum atomic E-state index is -0.501. The maximum Gasteiger partial charge on any atom is 0.338 e. The molecule has 7 heteroatoms. The molecule has 0 atom stereocenters. The SMILES string of the molecule is O=C(OCc1nnc(-c2ccco2)o1)c1ccc(Oc2ccccc2)cc1. The van der Waals surface area contributed by atoms with Gasteiger partial charge in [-0.2, -0.15) is 0 Å². The highest BCUT2D eigenvalue weighted by Crippen LogP contribution is 2.22. The average molecular weight is 362 g/mol. The second kappa shape index (κ2) is 7.57. The van der Waals surface area contributed by atoms with E-state index in [0.717, 1.165) is 5.75 Å². The summed E-state index contributed by atoms with van der Waals surface area (Å²) in [5, 5.41) is 7.67. The molecule has 27 heavy (non-hydrogen) atoms. The van der Waals surface area contributed by atoms with Crippen LogP contribution >= 0.6 is 0 Å². The maximum absolute atomic E-state index is 12.2. The third-order valence-electron chi connectivity index (χ3n) is 3.59. The summed E-state index contributed by atoms with van der Waals surface area (Å²) in [6, 6.07) is 19.4. The van der Waals surface area contributed by atoms with E-state index in [9.17, 15) is 4.79 Å². The summed E-state index contributed by atoms with van der Waals surface area (Å²) >= 11 is 0. The first-order chi connectivity index (χ1) is 13.3. The second-order valence-corrected chi connectivity index (χ2v) is 5.49. The molecule has 0 N–H and O–H groups in total. The Kier molecular flexibility index (Phi) is 4.65. The van der Waals surface area contributed by atoms with E-state index >= 15 is 0 Å². The molecule has 2 aromatic carbocycles. The molecule has 134 valence electrons. The maximum atomic E-state index is 12.2. The first-order valence-corrected chi connectivity index (χ1v) is 8.14. The molecule has 0 saturated carbocycles. The molecule has 0 aliphatic carbocycles. The van der Waals surface area contributed by atoms with Crippen LogP contribution in [0.25, 0.3) is 11.7 Å². The Hall–Kier alpha value is -3.87. The smallest absolute Gasteiger partial charge is 0.338 e. The minimum Gasteiger partial charge on any atom is -0.459 e. The fourth-order valence-electron chi connectivity index (χ4n) is 2.31. The number of rotatable bonds is 6. The summed E-state index contributed by atoms with van der Waals surface area (Å²) < 4.78 is 21.4. The van der Waals surface area contributed by atoms with E-state index < -0.39 is 5.97 Å². The summed E-state index contributed by atoms with van der Waals surface area (Å²) in [7, 11) is 0. The molecule has 7 nitrogen and oxygen atoms in total. The largest absolute Gasteiger partial charge is 0.459 e. The lowest BCUT2D eigenvalue weighted by molar-refractivity contribution is 0.0438. The van der Waals surface area contributed by atoms with Crippen molar-refractivity contribution in [2.75, 3.05) is 0 Å². The molecule has 0 unspecified atom stereocenters. The van der Waals surface area contributed by atoms with Crippen LogP contribution in [0.4, 0.5) is 0 Å². The Morgan fingerprint density at radius 1 is 0.889 bits per heavy atom. The van der Waals surface area contributed by atoms with Crippen LogP contribution < -0.4 is 4.74 Å². The van der Waals surface area contributed by atoms with Crippen LogP contribution in [-0.2, 0) is 11.3 Å². The van der Waals surface area contributed by atoms with Gasteiger partial charge in [-0.05, 0) is 48.5 Å². The van der Waals surface area contributed by atoms with E-state index in [-0.39, 0.29) is 18.4 Å². The van der Waals surface area contributed by atoms with Crippen LogP contribution in [0.1, 0.15) is 16.2 Å². The van der Waals surface area contributed by atoms with Crippen molar-refractivity contribution in [1.29, 1.82) is 0 Å². The number of hydrogen-bond acceptors (Lipinski definition) is 7.